The molecular weight excluding hydrogens is 422 g/mol. The minimum absolute atomic E-state index is 0.181. The predicted octanol–water partition coefficient (Wildman–Crippen LogP) is 5.30. The number of nitrogens with one attached hydrogen (secondary N) is 1. The summed E-state index contributed by atoms with van der Waals surface area (Å²) in [6.45, 7) is 0. The molecule has 7 nitrogen and oxygen atoms in total. The monoisotopic (exact) mass is 441 g/mol. The molecule has 0 saturated heterocycles. The van der Waals surface area contributed by atoms with Gasteiger partial charge in [-0.05, 0) is 43.2 Å². The summed E-state index contributed by atoms with van der Waals surface area (Å²) in [5, 5.41) is 21.5. The van der Waals surface area contributed by atoms with Crippen LogP contribution in [0.3, 0.4) is 0 Å². The van der Waals surface area contributed by atoms with E-state index in [0.29, 0.717) is 39.1 Å². The molecule has 1 N–H and O–H groups in total. The van der Waals surface area contributed by atoms with Crippen molar-refractivity contribution in [1.82, 2.24) is 14.8 Å². The Kier molecular flexibility index (Phi) is 6.41. The Labute approximate surface area is 183 Å². The Morgan fingerprint density at radius 2 is 2.13 bits per heavy atom. The number of aromatic nitrogens is 3. The molecule has 1 aliphatic carbocycles. The van der Waals surface area contributed by atoms with Gasteiger partial charge in [-0.25, -0.2) is 0 Å². The zero-order chi connectivity index (χ0) is 20.9. The standard InChI is InChI=1S/C21H20ClN5O2S/c22-17-11-15(9-8-14(17)12-23)24-19(28)13-30-21-26-25-20(18-7-4-10-29-18)27(21)16-5-2-1-3-6-16/h4,7-11,16H,1-3,5-6,13H2,(H,24,28). The number of thioether (sulfide) groups is 1. The van der Waals surface area contributed by atoms with Gasteiger partial charge >= 0.3 is 0 Å². The van der Waals surface area contributed by atoms with Crippen molar-refractivity contribution in [1.29, 1.82) is 5.26 Å². The third-order valence-corrected chi connectivity index (χ3v) is 6.31. The number of carbonyl (C=O) groups excluding carboxylic acids is 1. The van der Waals surface area contributed by atoms with E-state index in [0.717, 1.165) is 12.8 Å². The van der Waals surface area contributed by atoms with Gasteiger partial charge in [-0.3, -0.25) is 9.36 Å². The smallest absolute Gasteiger partial charge is 0.234 e. The van der Waals surface area contributed by atoms with E-state index in [4.69, 9.17) is 21.3 Å². The molecule has 1 amide bonds. The second-order valence-corrected chi connectivity index (χ2v) is 8.44. The number of rotatable bonds is 6. The third-order valence-electron chi connectivity index (χ3n) is 5.05. The van der Waals surface area contributed by atoms with Crippen molar-refractivity contribution in [2.75, 3.05) is 11.1 Å². The normalized spacial score (nSPS) is 14.4. The summed E-state index contributed by atoms with van der Waals surface area (Å²) in [6.07, 6.45) is 7.34. The average Bonchev–Trinajstić information content (AvgIpc) is 3.43. The van der Waals surface area contributed by atoms with Gasteiger partial charge in [0.2, 0.25) is 11.7 Å². The molecule has 1 aromatic carbocycles. The van der Waals surface area contributed by atoms with Crippen LogP contribution in [0.5, 0.6) is 0 Å². The van der Waals surface area contributed by atoms with E-state index in [1.807, 2.05) is 18.2 Å². The first-order valence-electron chi connectivity index (χ1n) is 9.77. The Balaban J connectivity index is 1.48. The first kappa shape index (κ1) is 20.5. The Morgan fingerprint density at radius 1 is 1.30 bits per heavy atom. The summed E-state index contributed by atoms with van der Waals surface area (Å²) in [7, 11) is 0. The van der Waals surface area contributed by atoms with Gasteiger partial charge in [-0.2, -0.15) is 5.26 Å². The van der Waals surface area contributed by atoms with Gasteiger partial charge in [-0.1, -0.05) is 42.6 Å². The van der Waals surface area contributed by atoms with Gasteiger partial charge in [0.25, 0.3) is 0 Å². The van der Waals surface area contributed by atoms with Gasteiger partial charge in [-0.15, -0.1) is 10.2 Å². The number of nitrogens with zero attached hydrogens (tertiary/aromatic N) is 4. The SMILES string of the molecule is N#Cc1ccc(NC(=O)CSc2nnc(-c3ccco3)n2C2CCCCC2)cc1Cl. The quantitative estimate of drug-likeness (QED) is 0.521. The third kappa shape index (κ3) is 4.53. The summed E-state index contributed by atoms with van der Waals surface area (Å²) in [5.41, 5.74) is 0.921. The summed E-state index contributed by atoms with van der Waals surface area (Å²) in [4.78, 5) is 12.5. The first-order chi connectivity index (χ1) is 14.7. The van der Waals surface area contributed by atoms with E-state index in [1.165, 1.54) is 31.0 Å². The van der Waals surface area contributed by atoms with Crippen molar-refractivity contribution in [3.63, 3.8) is 0 Å². The van der Waals surface area contributed by atoms with Crippen molar-refractivity contribution >= 4 is 35.0 Å². The van der Waals surface area contributed by atoms with Crippen molar-refractivity contribution < 1.29 is 9.21 Å². The maximum absolute atomic E-state index is 12.5. The first-order valence-corrected chi connectivity index (χ1v) is 11.1. The minimum Gasteiger partial charge on any atom is -0.461 e. The zero-order valence-electron chi connectivity index (χ0n) is 16.2. The summed E-state index contributed by atoms with van der Waals surface area (Å²) in [5.74, 6) is 1.38. The van der Waals surface area contributed by atoms with E-state index in [1.54, 1.807) is 24.5 Å². The molecule has 1 fully saturated rings. The highest BCUT2D eigenvalue weighted by atomic mass is 35.5. The molecule has 154 valence electrons. The van der Waals surface area contributed by atoms with Crippen LogP contribution in [0, 0.1) is 11.3 Å². The Morgan fingerprint density at radius 3 is 2.83 bits per heavy atom. The number of anilines is 1. The Hall–Kier alpha value is -2.76. The number of halogens is 1. The second-order valence-electron chi connectivity index (χ2n) is 7.09. The molecule has 9 heteroatoms. The lowest BCUT2D eigenvalue weighted by atomic mass is 9.95. The molecule has 4 rings (SSSR count). The molecule has 1 saturated carbocycles. The van der Waals surface area contributed by atoms with Gasteiger partial charge in [0, 0.05) is 11.7 Å². The van der Waals surface area contributed by atoms with Gasteiger partial charge in [0.05, 0.1) is 22.6 Å². The summed E-state index contributed by atoms with van der Waals surface area (Å²) >= 11 is 7.38. The molecule has 1 aliphatic rings. The van der Waals surface area contributed by atoms with Crippen LogP contribution < -0.4 is 5.32 Å². The topological polar surface area (TPSA) is 96.7 Å². The largest absolute Gasteiger partial charge is 0.461 e. The summed E-state index contributed by atoms with van der Waals surface area (Å²) in [6, 6.07) is 10.8. The lowest BCUT2D eigenvalue weighted by Crippen LogP contribution is -2.17. The molecule has 30 heavy (non-hydrogen) atoms. The van der Waals surface area contributed by atoms with Crippen LogP contribution in [0.4, 0.5) is 5.69 Å². The molecule has 3 aromatic rings. The predicted molar refractivity (Wildman–Crippen MR) is 115 cm³/mol. The lowest BCUT2D eigenvalue weighted by Gasteiger charge is -2.25. The maximum Gasteiger partial charge on any atom is 0.234 e. The Bertz CT molecular complexity index is 1070. The highest BCUT2D eigenvalue weighted by Crippen LogP contribution is 2.35. The van der Waals surface area contributed by atoms with Gasteiger partial charge in [0.15, 0.2) is 10.9 Å². The molecule has 2 aromatic heterocycles. The number of carbonyl (C=O) groups is 1. The fraction of sp³-hybridized carbons (Fsp3) is 0.333. The second kappa shape index (κ2) is 9.37. The minimum atomic E-state index is -0.182. The molecule has 2 heterocycles. The van der Waals surface area contributed by atoms with Crippen molar-refractivity contribution in [3.8, 4) is 17.7 Å². The van der Waals surface area contributed by atoms with E-state index in [2.05, 4.69) is 20.1 Å². The van der Waals surface area contributed by atoms with Crippen LogP contribution in [0.1, 0.15) is 43.7 Å². The fourth-order valence-corrected chi connectivity index (χ4v) is 4.66. The number of amides is 1. The van der Waals surface area contributed by atoms with Crippen LogP contribution in [0.2, 0.25) is 5.02 Å². The van der Waals surface area contributed by atoms with Crippen LogP contribution >= 0.6 is 23.4 Å². The molecule has 0 unspecified atom stereocenters. The molecule has 0 aliphatic heterocycles. The van der Waals surface area contributed by atoms with Crippen LogP contribution in [-0.2, 0) is 4.79 Å². The number of benzene rings is 1. The zero-order valence-corrected chi connectivity index (χ0v) is 17.7. The molecule has 0 bridgehead atoms. The lowest BCUT2D eigenvalue weighted by molar-refractivity contribution is -0.113. The van der Waals surface area contributed by atoms with E-state index in [9.17, 15) is 4.79 Å². The van der Waals surface area contributed by atoms with Crippen molar-refractivity contribution in [3.05, 3.63) is 47.2 Å². The number of nitriles is 1. The van der Waals surface area contributed by atoms with Crippen molar-refractivity contribution in [2.24, 2.45) is 0 Å². The highest BCUT2D eigenvalue weighted by Gasteiger charge is 2.25. The maximum atomic E-state index is 12.5. The highest BCUT2D eigenvalue weighted by molar-refractivity contribution is 7.99. The van der Waals surface area contributed by atoms with Crippen LogP contribution in [-0.4, -0.2) is 26.4 Å². The van der Waals surface area contributed by atoms with E-state index < -0.39 is 0 Å². The van der Waals surface area contributed by atoms with Crippen molar-refractivity contribution in [2.45, 2.75) is 43.3 Å². The fourth-order valence-electron chi connectivity index (χ4n) is 3.63. The van der Waals surface area contributed by atoms with Gasteiger partial charge < -0.3 is 9.73 Å². The average molecular weight is 442 g/mol. The number of furan rings is 1. The molecule has 0 radical (unpaired) electrons. The molecule has 0 spiro atoms. The summed E-state index contributed by atoms with van der Waals surface area (Å²) < 4.78 is 7.67. The molecule has 0 atom stereocenters. The van der Waals surface area contributed by atoms with E-state index in [-0.39, 0.29) is 11.7 Å². The number of hydrogen-bond donors (Lipinski definition) is 1. The van der Waals surface area contributed by atoms with E-state index >= 15 is 0 Å². The molecular formula is C21H20ClN5O2S. The van der Waals surface area contributed by atoms with Gasteiger partial charge in [0.1, 0.15) is 6.07 Å². The van der Waals surface area contributed by atoms with Crippen LogP contribution in [0.15, 0.2) is 46.2 Å². The van der Waals surface area contributed by atoms with Crippen LogP contribution in [0.25, 0.3) is 11.6 Å². The number of hydrogen-bond acceptors (Lipinski definition) is 6.